The van der Waals surface area contributed by atoms with Crippen LogP contribution in [0.3, 0.4) is 0 Å². The van der Waals surface area contributed by atoms with Gasteiger partial charge < -0.3 is 14.8 Å². The molecule has 0 bridgehead atoms. The van der Waals surface area contributed by atoms with Crippen LogP contribution < -0.4 is 14.8 Å². The van der Waals surface area contributed by atoms with Gasteiger partial charge in [0.1, 0.15) is 0 Å². The Hall–Kier alpha value is -1.27. The van der Waals surface area contributed by atoms with Crippen molar-refractivity contribution in [3.63, 3.8) is 0 Å². The summed E-state index contributed by atoms with van der Waals surface area (Å²) in [6, 6.07) is 3.25. The summed E-state index contributed by atoms with van der Waals surface area (Å²) in [5.74, 6) is 1.18. The summed E-state index contributed by atoms with van der Waals surface area (Å²) in [6.07, 6.45) is 0. The minimum Gasteiger partial charge on any atom is -0.454 e. The first-order chi connectivity index (χ1) is 8.04. The van der Waals surface area contributed by atoms with Crippen LogP contribution in [0.5, 0.6) is 11.5 Å². The van der Waals surface area contributed by atoms with E-state index in [4.69, 9.17) is 9.47 Å². The molecule has 0 spiro atoms. The molecule has 2 rings (SSSR count). The smallest absolute Gasteiger partial charge is 0.231 e. The molecular weight excluding hydrogens is 242 g/mol. The van der Waals surface area contributed by atoms with Gasteiger partial charge in [0, 0.05) is 12.6 Å². The number of sulfone groups is 1. The lowest BCUT2D eigenvalue weighted by atomic mass is 10.2. The highest BCUT2D eigenvalue weighted by Crippen LogP contribution is 2.36. The lowest BCUT2D eigenvalue weighted by Crippen LogP contribution is -2.20. The Kier molecular flexibility index (Phi) is 3.26. The lowest BCUT2D eigenvalue weighted by molar-refractivity contribution is 0.174. The number of aryl methyl sites for hydroxylation is 1. The molecule has 1 aliphatic rings. The van der Waals surface area contributed by atoms with Gasteiger partial charge in [0.25, 0.3) is 0 Å². The van der Waals surface area contributed by atoms with Crippen molar-refractivity contribution >= 4 is 9.84 Å². The Labute approximate surface area is 101 Å². The van der Waals surface area contributed by atoms with Gasteiger partial charge in [-0.2, -0.15) is 0 Å². The molecule has 5 nitrogen and oxygen atoms in total. The maximum Gasteiger partial charge on any atom is 0.231 e. The molecule has 1 aromatic carbocycles. The zero-order valence-corrected chi connectivity index (χ0v) is 10.6. The van der Waals surface area contributed by atoms with Gasteiger partial charge >= 0.3 is 0 Å². The van der Waals surface area contributed by atoms with E-state index in [-0.39, 0.29) is 12.5 Å². The second-order valence-electron chi connectivity index (χ2n) is 3.89. The summed E-state index contributed by atoms with van der Waals surface area (Å²) < 4.78 is 34.5. The van der Waals surface area contributed by atoms with E-state index >= 15 is 0 Å². The monoisotopic (exact) mass is 257 g/mol. The molecule has 17 heavy (non-hydrogen) atoms. The molecule has 0 unspecified atom stereocenters. The number of benzene rings is 1. The van der Waals surface area contributed by atoms with Gasteiger partial charge in [0.2, 0.25) is 6.79 Å². The van der Waals surface area contributed by atoms with Crippen LogP contribution >= 0.6 is 0 Å². The summed E-state index contributed by atoms with van der Waals surface area (Å²) in [4.78, 5) is 0.317. The van der Waals surface area contributed by atoms with Gasteiger partial charge in [0.15, 0.2) is 21.3 Å². The van der Waals surface area contributed by atoms with Gasteiger partial charge in [-0.05, 0) is 25.6 Å². The number of rotatable bonds is 4. The lowest BCUT2D eigenvalue weighted by Gasteiger charge is -2.08. The van der Waals surface area contributed by atoms with Crippen LogP contribution in [0.25, 0.3) is 0 Å². The van der Waals surface area contributed by atoms with Crippen molar-refractivity contribution < 1.29 is 17.9 Å². The van der Waals surface area contributed by atoms with Crippen molar-refractivity contribution in [1.29, 1.82) is 0 Å². The predicted octanol–water partition coefficient (Wildman–Crippen LogP) is 0.717. The Morgan fingerprint density at radius 1 is 1.29 bits per heavy atom. The van der Waals surface area contributed by atoms with E-state index in [1.807, 2.05) is 0 Å². The summed E-state index contributed by atoms with van der Waals surface area (Å²) in [5.41, 5.74) is 0.686. The Balaban J connectivity index is 2.39. The summed E-state index contributed by atoms with van der Waals surface area (Å²) in [6.45, 7) is 2.33. The van der Waals surface area contributed by atoms with Crippen molar-refractivity contribution in [2.24, 2.45) is 0 Å². The van der Waals surface area contributed by atoms with E-state index in [0.717, 1.165) is 0 Å². The Morgan fingerprint density at radius 3 is 2.59 bits per heavy atom. The Bertz CT molecular complexity index is 525. The maximum absolute atomic E-state index is 12.1. The third-order valence-electron chi connectivity index (χ3n) is 2.63. The fraction of sp³-hybridized carbons (Fsp3) is 0.455. The number of ether oxygens (including phenoxy) is 2. The zero-order chi connectivity index (χ0) is 12.5. The molecule has 0 aliphatic carbocycles. The molecule has 0 amide bonds. The molecule has 6 heteroatoms. The molecule has 1 aromatic rings. The highest BCUT2D eigenvalue weighted by molar-refractivity contribution is 7.91. The third kappa shape index (κ3) is 2.37. The van der Waals surface area contributed by atoms with Crippen LogP contribution in [0.15, 0.2) is 17.0 Å². The minimum absolute atomic E-state index is 0.0734. The Morgan fingerprint density at radius 2 is 1.94 bits per heavy atom. The van der Waals surface area contributed by atoms with Crippen LogP contribution in [0.2, 0.25) is 0 Å². The van der Waals surface area contributed by atoms with Gasteiger partial charge in [-0.3, -0.25) is 0 Å². The molecule has 0 radical (unpaired) electrons. The van der Waals surface area contributed by atoms with Crippen molar-refractivity contribution in [3.8, 4) is 11.5 Å². The largest absolute Gasteiger partial charge is 0.454 e. The van der Waals surface area contributed by atoms with E-state index < -0.39 is 9.84 Å². The van der Waals surface area contributed by atoms with Gasteiger partial charge in [-0.15, -0.1) is 0 Å². The van der Waals surface area contributed by atoms with Crippen molar-refractivity contribution in [1.82, 2.24) is 5.32 Å². The fourth-order valence-electron chi connectivity index (χ4n) is 1.71. The van der Waals surface area contributed by atoms with E-state index in [1.54, 1.807) is 26.1 Å². The first kappa shape index (κ1) is 12.2. The van der Waals surface area contributed by atoms with Crippen LogP contribution in [0, 0.1) is 6.92 Å². The highest BCUT2D eigenvalue weighted by atomic mass is 32.2. The molecule has 0 aromatic heterocycles. The van der Waals surface area contributed by atoms with E-state index in [9.17, 15) is 8.42 Å². The molecule has 0 atom stereocenters. The van der Waals surface area contributed by atoms with E-state index in [0.29, 0.717) is 28.5 Å². The minimum atomic E-state index is -3.27. The van der Waals surface area contributed by atoms with Crippen molar-refractivity contribution in [2.45, 2.75) is 11.8 Å². The highest BCUT2D eigenvalue weighted by Gasteiger charge is 2.22. The van der Waals surface area contributed by atoms with Crippen molar-refractivity contribution in [2.75, 3.05) is 26.1 Å². The number of fused-ring (bicyclic) bond motifs is 1. The van der Waals surface area contributed by atoms with E-state index in [2.05, 4.69) is 5.32 Å². The predicted molar refractivity (Wildman–Crippen MR) is 63.3 cm³/mol. The van der Waals surface area contributed by atoms with Crippen LogP contribution in [0.4, 0.5) is 0 Å². The molecule has 94 valence electrons. The van der Waals surface area contributed by atoms with Crippen LogP contribution in [-0.4, -0.2) is 34.6 Å². The standard InChI is InChI=1S/C11H15NO4S/c1-8-5-9-10(16-7-15-9)6-11(8)17(13,14)4-3-12-2/h5-6,12H,3-4,7H2,1-2H3. The molecule has 1 heterocycles. The van der Waals surface area contributed by atoms with Crippen LogP contribution in [0.1, 0.15) is 5.56 Å². The summed E-state index contributed by atoms with van der Waals surface area (Å²) in [7, 11) is -1.55. The average Bonchev–Trinajstić information content (AvgIpc) is 2.72. The van der Waals surface area contributed by atoms with E-state index in [1.165, 1.54) is 0 Å². The normalized spacial score (nSPS) is 14.0. The second kappa shape index (κ2) is 4.54. The van der Waals surface area contributed by atoms with Crippen molar-refractivity contribution in [3.05, 3.63) is 17.7 Å². The summed E-state index contributed by atoms with van der Waals surface area (Å²) >= 11 is 0. The molecule has 0 fully saturated rings. The first-order valence-electron chi connectivity index (χ1n) is 5.32. The first-order valence-corrected chi connectivity index (χ1v) is 6.97. The van der Waals surface area contributed by atoms with Crippen LogP contribution in [-0.2, 0) is 9.84 Å². The van der Waals surface area contributed by atoms with Gasteiger partial charge in [-0.1, -0.05) is 0 Å². The van der Waals surface area contributed by atoms with Gasteiger partial charge in [-0.25, -0.2) is 8.42 Å². The second-order valence-corrected chi connectivity index (χ2v) is 5.97. The topological polar surface area (TPSA) is 64.6 Å². The molecule has 0 saturated carbocycles. The molecule has 1 aliphatic heterocycles. The molecule has 0 saturated heterocycles. The zero-order valence-electron chi connectivity index (χ0n) is 9.82. The SMILES string of the molecule is CNCCS(=O)(=O)c1cc2c(cc1C)OCO2. The molecular formula is C11H15NO4S. The quantitative estimate of drug-likeness (QED) is 0.861. The molecule has 1 N–H and O–H groups in total. The number of hydrogen-bond acceptors (Lipinski definition) is 5. The average molecular weight is 257 g/mol. The maximum atomic E-state index is 12.1. The third-order valence-corrected chi connectivity index (χ3v) is 4.48. The number of hydrogen-bond donors (Lipinski definition) is 1. The number of nitrogens with one attached hydrogen (secondary N) is 1. The fourth-order valence-corrected chi connectivity index (χ4v) is 3.24. The van der Waals surface area contributed by atoms with Gasteiger partial charge in [0.05, 0.1) is 10.6 Å². The summed E-state index contributed by atoms with van der Waals surface area (Å²) in [5, 5.41) is 2.83.